The molecule has 2 aromatic rings. The van der Waals surface area contributed by atoms with Gasteiger partial charge in [-0.15, -0.1) is 0 Å². The SMILES string of the molecule is CCc1nc(-c2cccc(C)n2)n[nH]1. The van der Waals surface area contributed by atoms with Crippen molar-refractivity contribution in [3.63, 3.8) is 0 Å². The lowest BCUT2D eigenvalue weighted by Gasteiger charge is -1.94. The lowest BCUT2D eigenvalue weighted by Crippen LogP contribution is -1.88. The molecule has 0 radical (unpaired) electrons. The summed E-state index contributed by atoms with van der Waals surface area (Å²) in [7, 11) is 0. The fourth-order valence-corrected chi connectivity index (χ4v) is 1.24. The molecule has 0 spiro atoms. The van der Waals surface area contributed by atoms with E-state index < -0.39 is 0 Å². The average Bonchev–Trinajstić information content (AvgIpc) is 2.66. The number of aromatic nitrogens is 4. The van der Waals surface area contributed by atoms with Gasteiger partial charge in [0.15, 0.2) is 5.82 Å². The van der Waals surface area contributed by atoms with Gasteiger partial charge in [0.25, 0.3) is 0 Å². The second-order valence-electron chi connectivity index (χ2n) is 3.12. The molecule has 1 N–H and O–H groups in total. The van der Waals surface area contributed by atoms with Gasteiger partial charge in [-0.25, -0.2) is 9.97 Å². The maximum Gasteiger partial charge on any atom is 0.199 e. The van der Waals surface area contributed by atoms with Gasteiger partial charge < -0.3 is 0 Å². The summed E-state index contributed by atoms with van der Waals surface area (Å²) in [6, 6.07) is 5.83. The smallest absolute Gasteiger partial charge is 0.199 e. The molecule has 0 bridgehead atoms. The molecule has 0 unspecified atom stereocenters. The van der Waals surface area contributed by atoms with E-state index in [-0.39, 0.29) is 0 Å². The number of aryl methyl sites for hydroxylation is 2. The third-order valence-corrected chi connectivity index (χ3v) is 1.98. The lowest BCUT2D eigenvalue weighted by molar-refractivity contribution is 0.946. The lowest BCUT2D eigenvalue weighted by atomic mass is 10.3. The zero-order valence-electron chi connectivity index (χ0n) is 8.28. The Morgan fingerprint density at radius 3 is 2.79 bits per heavy atom. The van der Waals surface area contributed by atoms with Gasteiger partial charge in [-0.3, -0.25) is 5.10 Å². The zero-order chi connectivity index (χ0) is 9.97. The number of pyridine rings is 1. The van der Waals surface area contributed by atoms with Crippen molar-refractivity contribution in [2.24, 2.45) is 0 Å². The first-order valence-electron chi connectivity index (χ1n) is 4.65. The molecule has 4 nitrogen and oxygen atoms in total. The fraction of sp³-hybridized carbons (Fsp3) is 0.300. The Kier molecular flexibility index (Phi) is 2.26. The molecular formula is C10H12N4. The van der Waals surface area contributed by atoms with Crippen LogP contribution in [0.15, 0.2) is 18.2 Å². The number of H-pyrrole nitrogens is 1. The summed E-state index contributed by atoms with van der Waals surface area (Å²) in [4.78, 5) is 8.66. The number of rotatable bonds is 2. The van der Waals surface area contributed by atoms with Gasteiger partial charge in [-0.05, 0) is 19.1 Å². The van der Waals surface area contributed by atoms with Crippen LogP contribution in [0.2, 0.25) is 0 Å². The summed E-state index contributed by atoms with van der Waals surface area (Å²) in [6.45, 7) is 3.99. The second-order valence-corrected chi connectivity index (χ2v) is 3.12. The van der Waals surface area contributed by atoms with Crippen LogP contribution in [0, 0.1) is 6.92 Å². The number of nitrogens with zero attached hydrogens (tertiary/aromatic N) is 3. The van der Waals surface area contributed by atoms with Crippen molar-refractivity contribution < 1.29 is 0 Å². The van der Waals surface area contributed by atoms with Crippen molar-refractivity contribution in [1.29, 1.82) is 0 Å². The molecule has 0 aliphatic heterocycles. The maximum absolute atomic E-state index is 4.35. The highest BCUT2D eigenvalue weighted by Gasteiger charge is 2.05. The van der Waals surface area contributed by atoms with Gasteiger partial charge in [0, 0.05) is 12.1 Å². The van der Waals surface area contributed by atoms with Gasteiger partial charge in [-0.2, -0.15) is 5.10 Å². The molecule has 0 saturated carbocycles. The highest BCUT2D eigenvalue weighted by molar-refractivity contribution is 5.48. The topological polar surface area (TPSA) is 54.5 Å². The van der Waals surface area contributed by atoms with Crippen LogP contribution in [0.5, 0.6) is 0 Å². The maximum atomic E-state index is 4.35. The first-order chi connectivity index (χ1) is 6.79. The fourth-order valence-electron chi connectivity index (χ4n) is 1.24. The third kappa shape index (κ3) is 1.64. The van der Waals surface area contributed by atoms with Crippen molar-refractivity contribution in [2.75, 3.05) is 0 Å². The zero-order valence-corrected chi connectivity index (χ0v) is 8.28. The Labute approximate surface area is 82.4 Å². The molecule has 14 heavy (non-hydrogen) atoms. The summed E-state index contributed by atoms with van der Waals surface area (Å²) in [5.74, 6) is 1.56. The molecule has 0 atom stereocenters. The molecule has 2 heterocycles. The van der Waals surface area contributed by atoms with Crippen LogP contribution in [0.3, 0.4) is 0 Å². The summed E-state index contributed by atoms with van der Waals surface area (Å²) in [6.07, 6.45) is 0.860. The minimum Gasteiger partial charge on any atom is -0.263 e. The summed E-state index contributed by atoms with van der Waals surface area (Å²) < 4.78 is 0. The van der Waals surface area contributed by atoms with Crippen LogP contribution in [0.4, 0.5) is 0 Å². The van der Waals surface area contributed by atoms with E-state index in [0.717, 1.165) is 23.6 Å². The monoisotopic (exact) mass is 188 g/mol. The highest BCUT2D eigenvalue weighted by Crippen LogP contribution is 2.11. The Balaban J connectivity index is 2.39. The molecule has 0 saturated heterocycles. The van der Waals surface area contributed by atoms with Gasteiger partial charge in [0.1, 0.15) is 11.5 Å². The Hall–Kier alpha value is -1.71. The second kappa shape index (κ2) is 3.57. The van der Waals surface area contributed by atoms with E-state index in [0.29, 0.717) is 5.82 Å². The van der Waals surface area contributed by atoms with E-state index in [1.807, 2.05) is 32.0 Å². The van der Waals surface area contributed by atoms with Crippen LogP contribution in [0.25, 0.3) is 11.5 Å². The Morgan fingerprint density at radius 2 is 2.14 bits per heavy atom. The first kappa shape index (κ1) is 8.87. The normalized spacial score (nSPS) is 10.4. The Bertz CT molecular complexity index is 433. The predicted octanol–water partition coefficient (Wildman–Crippen LogP) is 1.74. The van der Waals surface area contributed by atoms with Gasteiger partial charge >= 0.3 is 0 Å². The van der Waals surface area contributed by atoms with Crippen molar-refractivity contribution in [2.45, 2.75) is 20.3 Å². The van der Waals surface area contributed by atoms with Gasteiger partial charge in [0.05, 0.1) is 0 Å². The summed E-state index contributed by atoms with van der Waals surface area (Å²) >= 11 is 0. The third-order valence-electron chi connectivity index (χ3n) is 1.98. The quantitative estimate of drug-likeness (QED) is 0.781. The van der Waals surface area contributed by atoms with Crippen LogP contribution >= 0.6 is 0 Å². The molecule has 0 aliphatic carbocycles. The molecule has 72 valence electrons. The number of hydrogen-bond donors (Lipinski definition) is 1. The standard InChI is InChI=1S/C10H12N4/c1-3-9-12-10(14-13-9)8-6-4-5-7(2)11-8/h4-6H,3H2,1-2H3,(H,12,13,14). The van der Waals surface area contributed by atoms with Gasteiger partial charge in [-0.1, -0.05) is 13.0 Å². The first-order valence-corrected chi connectivity index (χ1v) is 4.65. The molecule has 2 rings (SSSR count). The van der Waals surface area contributed by atoms with Crippen molar-refractivity contribution in [3.05, 3.63) is 29.7 Å². The van der Waals surface area contributed by atoms with E-state index >= 15 is 0 Å². The highest BCUT2D eigenvalue weighted by atomic mass is 15.2. The molecule has 0 amide bonds. The predicted molar refractivity (Wildman–Crippen MR) is 53.7 cm³/mol. The largest absolute Gasteiger partial charge is 0.263 e. The number of nitrogens with one attached hydrogen (secondary N) is 1. The van der Waals surface area contributed by atoms with Crippen molar-refractivity contribution in [3.8, 4) is 11.5 Å². The molecule has 0 aromatic carbocycles. The summed E-state index contributed by atoms with van der Waals surface area (Å²) in [5.41, 5.74) is 1.80. The van der Waals surface area contributed by atoms with E-state index in [1.165, 1.54) is 0 Å². The number of hydrogen-bond acceptors (Lipinski definition) is 3. The summed E-state index contributed by atoms with van der Waals surface area (Å²) in [5, 5.41) is 6.97. The molecule has 4 heteroatoms. The van der Waals surface area contributed by atoms with Crippen LogP contribution in [-0.4, -0.2) is 20.2 Å². The van der Waals surface area contributed by atoms with Crippen LogP contribution < -0.4 is 0 Å². The molecule has 0 aliphatic rings. The molecule has 2 aromatic heterocycles. The van der Waals surface area contributed by atoms with Crippen LogP contribution in [-0.2, 0) is 6.42 Å². The minimum absolute atomic E-state index is 0.672. The van der Waals surface area contributed by atoms with E-state index in [4.69, 9.17) is 0 Å². The average molecular weight is 188 g/mol. The van der Waals surface area contributed by atoms with Crippen molar-refractivity contribution in [1.82, 2.24) is 20.2 Å². The molecule has 0 fully saturated rings. The van der Waals surface area contributed by atoms with Crippen LogP contribution in [0.1, 0.15) is 18.4 Å². The van der Waals surface area contributed by atoms with Gasteiger partial charge in [0.2, 0.25) is 0 Å². The van der Waals surface area contributed by atoms with E-state index in [9.17, 15) is 0 Å². The molecular weight excluding hydrogens is 176 g/mol. The minimum atomic E-state index is 0.672. The van der Waals surface area contributed by atoms with Crippen molar-refractivity contribution >= 4 is 0 Å². The van der Waals surface area contributed by atoms with E-state index in [1.54, 1.807) is 0 Å². The Morgan fingerprint density at radius 1 is 1.29 bits per heavy atom. The number of aromatic amines is 1. The van der Waals surface area contributed by atoms with E-state index in [2.05, 4.69) is 20.2 Å².